The number of hydrogen-bond donors (Lipinski definition) is 1. The van der Waals surface area contributed by atoms with Gasteiger partial charge in [-0.05, 0) is 58.2 Å². The molecule has 1 aromatic rings. The minimum atomic E-state index is 0. The van der Waals surface area contributed by atoms with Crippen LogP contribution in [0.5, 0.6) is 0 Å². The summed E-state index contributed by atoms with van der Waals surface area (Å²) in [6.45, 7) is 7.82. The van der Waals surface area contributed by atoms with Gasteiger partial charge in [0.1, 0.15) is 0 Å². The average molecular weight is 301 g/mol. The molecule has 0 radical (unpaired) electrons. The highest BCUT2D eigenvalue weighted by molar-refractivity contribution is 5.85. The van der Waals surface area contributed by atoms with Gasteiger partial charge in [-0.3, -0.25) is 0 Å². The van der Waals surface area contributed by atoms with Crippen LogP contribution < -0.4 is 5.32 Å². The summed E-state index contributed by atoms with van der Waals surface area (Å²) < 4.78 is 5.34. The molecule has 114 valence electrons. The van der Waals surface area contributed by atoms with Crippen molar-refractivity contribution in [2.45, 2.75) is 38.5 Å². The Labute approximate surface area is 126 Å². The smallest absolute Gasteiger partial charge is 0.231 e. The summed E-state index contributed by atoms with van der Waals surface area (Å²) in [6.07, 6.45) is 5.07. The van der Waals surface area contributed by atoms with E-state index in [2.05, 4.69) is 20.4 Å². The Kier molecular flexibility index (Phi) is 5.81. The Morgan fingerprint density at radius 1 is 1.30 bits per heavy atom. The Morgan fingerprint density at radius 2 is 2.10 bits per heavy atom. The fourth-order valence-corrected chi connectivity index (χ4v) is 3.33. The zero-order valence-electron chi connectivity index (χ0n) is 12.2. The van der Waals surface area contributed by atoms with E-state index in [1.54, 1.807) is 0 Å². The quantitative estimate of drug-likeness (QED) is 0.925. The highest BCUT2D eigenvalue weighted by atomic mass is 35.5. The maximum atomic E-state index is 5.34. The van der Waals surface area contributed by atoms with Crippen molar-refractivity contribution in [2.75, 3.05) is 32.7 Å². The molecule has 3 rings (SSSR count). The lowest BCUT2D eigenvalue weighted by Gasteiger charge is -2.35. The first-order chi connectivity index (χ1) is 9.31. The molecule has 0 aliphatic carbocycles. The van der Waals surface area contributed by atoms with E-state index in [4.69, 9.17) is 4.52 Å². The van der Waals surface area contributed by atoms with E-state index in [0.717, 1.165) is 24.2 Å². The predicted molar refractivity (Wildman–Crippen MR) is 80.3 cm³/mol. The third-order valence-corrected chi connectivity index (χ3v) is 4.37. The first kappa shape index (κ1) is 15.7. The Balaban J connectivity index is 0.00000147. The van der Waals surface area contributed by atoms with E-state index in [9.17, 15) is 0 Å². The second-order valence-electron chi connectivity index (χ2n) is 5.97. The van der Waals surface area contributed by atoms with Gasteiger partial charge in [0.25, 0.3) is 0 Å². The van der Waals surface area contributed by atoms with E-state index in [-0.39, 0.29) is 12.4 Å². The van der Waals surface area contributed by atoms with E-state index in [0.29, 0.717) is 5.92 Å². The average Bonchev–Trinajstić information content (AvgIpc) is 2.87. The molecule has 6 heteroatoms. The Morgan fingerprint density at radius 3 is 2.80 bits per heavy atom. The van der Waals surface area contributed by atoms with Crippen molar-refractivity contribution in [2.24, 2.45) is 5.92 Å². The molecule has 20 heavy (non-hydrogen) atoms. The Bertz CT molecular complexity index is 406. The summed E-state index contributed by atoms with van der Waals surface area (Å²) >= 11 is 0. The number of halogens is 1. The first-order valence-electron chi connectivity index (χ1n) is 7.54. The van der Waals surface area contributed by atoms with Crippen molar-refractivity contribution in [1.82, 2.24) is 20.4 Å². The number of aryl methyl sites for hydroxylation is 1. The topological polar surface area (TPSA) is 54.2 Å². The summed E-state index contributed by atoms with van der Waals surface area (Å²) in [4.78, 5) is 7.00. The van der Waals surface area contributed by atoms with Crippen LogP contribution in [-0.4, -0.2) is 47.8 Å². The number of hydrogen-bond acceptors (Lipinski definition) is 5. The number of nitrogens with one attached hydrogen (secondary N) is 1. The van der Waals surface area contributed by atoms with Gasteiger partial charge >= 0.3 is 0 Å². The third-order valence-electron chi connectivity index (χ3n) is 4.37. The van der Waals surface area contributed by atoms with E-state index >= 15 is 0 Å². The largest absolute Gasteiger partial charge is 0.339 e. The number of rotatable bonds is 3. The summed E-state index contributed by atoms with van der Waals surface area (Å²) in [5.74, 6) is 2.90. The number of aromatic nitrogens is 2. The van der Waals surface area contributed by atoms with E-state index < -0.39 is 0 Å². The fraction of sp³-hybridized carbons (Fsp3) is 0.857. The third kappa shape index (κ3) is 3.93. The molecular weight excluding hydrogens is 276 g/mol. The standard InChI is InChI=1S/C14H24N4O.ClH/c1-11-16-14(19-17-11)13-3-2-8-18(10-13)9-12-4-6-15-7-5-12;/h12-13,15H,2-10H2,1H3;1H. The SMILES string of the molecule is Cc1noc(C2CCCN(CC3CCNCC3)C2)n1.Cl. The maximum absolute atomic E-state index is 5.34. The highest BCUT2D eigenvalue weighted by Crippen LogP contribution is 2.27. The van der Waals surface area contributed by atoms with Crippen LogP contribution in [-0.2, 0) is 0 Å². The molecule has 2 saturated heterocycles. The van der Waals surface area contributed by atoms with Crippen LogP contribution in [0.2, 0.25) is 0 Å². The zero-order valence-corrected chi connectivity index (χ0v) is 13.0. The van der Waals surface area contributed by atoms with Gasteiger partial charge in [-0.25, -0.2) is 0 Å². The van der Waals surface area contributed by atoms with Crippen molar-refractivity contribution in [3.05, 3.63) is 11.7 Å². The second kappa shape index (κ2) is 7.38. The van der Waals surface area contributed by atoms with Crippen molar-refractivity contribution in [1.29, 1.82) is 0 Å². The molecule has 0 saturated carbocycles. The molecule has 1 aromatic heterocycles. The van der Waals surface area contributed by atoms with Crippen LogP contribution in [0, 0.1) is 12.8 Å². The normalized spacial score (nSPS) is 25.4. The van der Waals surface area contributed by atoms with Crippen LogP contribution in [0.25, 0.3) is 0 Å². The maximum Gasteiger partial charge on any atom is 0.231 e. The summed E-state index contributed by atoms with van der Waals surface area (Å²) in [5, 5.41) is 7.36. The molecule has 2 fully saturated rings. The molecule has 1 N–H and O–H groups in total. The van der Waals surface area contributed by atoms with Crippen LogP contribution in [0.3, 0.4) is 0 Å². The van der Waals surface area contributed by atoms with Crippen molar-refractivity contribution in [3.63, 3.8) is 0 Å². The molecule has 0 spiro atoms. The van der Waals surface area contributed by atoms with Gasteiger partial charge in [0.15, 0.2) is 5.82 Å². The van der Waals surface area contributed by atoms with Crippen LogP contribution in [0.15, 0.2) is 4.52 Å². The van der Waals surface area contributed by atoms with Gasteiger partial charge in [-0.1, -0.05) is 5.16 Å². The van der Waals surface area contributed by atoms with Crippen molar-refractivity contribution in [3.8, 4) is 0 Å². The van der Waals surface area contributed by atoms with Crippen LogP contribution >= 0.6 is 12.4 Å². The van der Waals surface area contributed by atoms with Gasteiger partial charge in [-0.15, -0.1) is 12.4 Å². The first-order valence-corrected chi connectivity index (χ1v) is 7.54. The van der Waals surface area contributed by atoms with E-state index in [1.165, 1.54) is 51.9 Å². The second-order valence-corrected chi connectivity index (χ2v) is 5.97. The van der Waals surface area contributed by atoms with Crippen molar-refractivity contribution >= 4 is 12.4 Å². The van der Waals surface area contributed by atoms with E-state index in [1.807, 2.05) is 6.92 Å². The summed E-state index contributed by atoms with van der Waals surface area (Å²) in [7, 11) is 0. The molecule has 2 aliphatic rings. The van der Waals surface area contributed by atoms with Crippen LogP contribution in [0.4, 0.5) is 0 Å². The molecule has 1 unspecified atom stereocenters. The number of nitrogens with zero attached hydrogens (tertiary/aromatic N) is 3. The Hall–Kier alpha value is -0.650. The monoisotopic (exact) mass is 300 g/mol. The molecule has 0 bridgehead atoms. The molecule has 1 atom stereocenters. The van der Waals surface area contributed by atoms with Crippen molar-refractivity contribution < 1.29 is 4.52 Å². The lowest BCUT2D eigenvalue weighted by Crippen LogP contribution is -2.40. The minimum absolute atomic E-state index is 0. The number of piperidine rings is 2. The molecule has 5 nitrogen and oxygen atoms in total. The summed E-state index contributed by atoms with van der Waals surface area (Å²) in [5.41, 5.74) is 0. The number of likely N-dealkylation sites (tertiary alicyclic amines) is 1. The zero-order chi connectivity index (χ0) is 13.1. The van der Waals surface area contributed by atoms with Gasteiger partial charge in [0.2, 0.25) is 5.89 Å². The molecule has 3 heterocycles. The fourth-order valence-electron chi connectivity index (χ4n) is 3.33. The lowest BCUT2D eigenvalue weighted by atomic mass is 9.93. The molecule has 2 aliphatic heterocycles. The van der Waals surface area contributed by atoms with Gasteiger partial charge in [0.05, 0.1) is 5.92 Å². The van der Waals surface area contributed by atoms with Gasteiger partial charge < -0.3 is 14.7 Å². The molecule has 0 amide bonds. The van der Waals surface area contributed by atoms with Gasteiger partial charge in [-0.2, -0.15) is 4.98 Å². The molecule has 0 aromatic carbocycles. The highest BCUT2D eigenvalue weighted by Gasteiger charge is 2.27. The minimum Gasteiger partial charge on any atom is -0.339 e. The lowest BCUT2D eigenvalue weighted by molar-refractivity contribution is 0.151. The summed E-state index contributed by atoms with van der Waals surface area (Å²) in [6, 6.07) is 0. The predicted octanol–water partition coefficient (Wildman–Crippen LogP) is 1.98. The van der Waals surface area contributed by atoms with Gasteiger partial charge in [0, 0.05) is 13.1 Å². The molecular formula is C14H25ClN4O. The van der Waals surface area contributed by atoms with Crippen LogP contribution in [0.1, 0.15) is 43.3 Å².